The maximum atomic E-state index is 12.2. The van der Waals surface area contributed by atoms with Crippen molar-refractivity contribution in [2.45, 2.75) is 19.4 Å². The molecule has 0 aliphatic carbocycles. The zero-order valence-electron chi connectivity index (χ0n) is 11.9. The number of nitrogens with zero attached hydrogens (tertiary/aromatic N) is 1. The molecule has 3 N–H and O–H groups in total. The highest BCUT2D eigenvalue weighted by molar-refractivity contribution is 6.00. The highest BCUT2D eigenvalue weighted by Crippen LogP contribution is 2.33. The van der Waals surface area contributed by atoms with E-state index in [0.29, 0.717) is 31.1 Å². The monoisotopic (exact) mass is 313 g/mol. The Labute approximate surface area is 130 Å². The summed E-state index contributed by atoms with van der Waals surface area (Å²) in [6.45, 7) is 2.89. The molecule has 116 valence electrons. The maximum Gasteiger partial charge on any atom is 0.267 e. The largest absolute Gasteiger partial charge is 0.479 e. The van der Waals surface area contributed by atoms with Crippen molar-refractivity contribution < 1.29 is 14.3 Å². The van der Waals surface area contributed by atoms with Gasteiger partial charge in [0.25, 0.3) is 5.91 Å². The summed E-state index contributed by atoms with van der Waals surface area (Å²) in [7, 11) is 0. The average molecular weight is 314 g/mol. The summed E-state index contributed by atoms with van der Waals surface area (Å²) in [5, 5.41) is 2.69. The van der Waals surface area contributed by atoms with Crippen molar-refractivity contribution >= 4 is 29.9 Å². The quantitative estimate of drug-likeness (QED) is 0.837. The zero-order valence-corrected chi connectivity index (χ0v) is 12.7. The highest BCUT2D eigenvalue weighted by Gasteiger charge is 2.31. The molecule has 21 heavy (non-hydrogen) atoms. The molecule has 2 amide bonds. The number of amides is 2. The van der Waals surface area contributed by atoms with Crippen molar-refractivity contribution in [1.29, 1.82) is 0 Å². The third kappa shape index (κ3) is 4.09. The predicted octanol–water partition coefficient (Wildman–Crippen LogP) is 0.687. The van der Waals surface area contributed by atoms with E-state index in [-0.39, 0.29) is 30.6 Å². The number of nitrogens with two attached hydrogens (primary N) is 1. The van der Waals surface area contributed by atoms with E-state index in [1.54, 1.807) is 11.8 Å². The van der Waals surface area contributed by atoms with Crippen LogP contribution in [0.4, 0.5) is 5.69 Å². The standard InChI is InChI=1S/C14H19N3O3.ClH/c1-10-14(19)17(9-6-13(18)16-8-7-15)11-4-2-3-5-12(11)20-10;/h2-5,10H,6-9,15H2,1H3,(H,16,18);1H. The molecule has 0 aromatic heterocycles. The number of carbonyl (C=O) groups excluding carboxylic acids is 2. The lowest BCUT2D eigenvalue weighted by Gasteiger charge is -2.32. The minimum atomic E-state index is -0.531. The summed E-state index contributed by atoms with van der Waals surface area (Å²) in [6, 6.07) is 7.33. The van der Waals surface area contributed by atoms with Crippen LogP contribution in [0.25, 0.3) is 0 Å². The van der Waals surface area contributed by atoms with E-state index in [9.17, 15) is 9.59 Å². The van der Waals surface area contributed by atoms with Crippen molar-refractivity contribution in [3.8, 4) is 5.75 Å². The molecule has 0 spiro atoms. The molecular weight excluding hydrogens is 294 g/mol. The number of carbonyl (C=O) groups is 2. The van der Waals surface area contributed by atoms with E-state index < -0.39 is 6.10 Å². The molecule has 1 heterocycles. The molecule has 0 radical (unpaired) electrons. The first-order valence-electron chi connectivity index (χ1n) is 6.67. The Morgan fingerprint density at radius 1 is 1.43 bits per heavy atom. The first-order chi connectivity index (χ1) is 9.63. The molecule has 7 heteroatoms. The topological polar surface area (TPSA) is 84.7 Å². The lowest BCUT2D eigenvalue weighted by Crippen LogP contribution is -2.46. The number of anilines is 1. The van der Waals surface area contributed by atoms with Gasteiger partial charge in [-0.15, -0.1) is 12.4 Å². The van der Waals surface area contributed by atoms with Gasteiger partial charge in [-0.2, -0.15) is 0 Å². The second-order valence-corrected chi connectivity index (χ2v) is 4.61. The number of ether oxygens (including phenoxy) is 1. The van der Waals surface area contributed by atoms with Crippen LogP contribution in [0.3, 0.4) is 0 Å². The van der Waals surface area contributed by atoms with Crippen LogP contribution in [0.15, 0.2) is 24.3 Å². The highest BCUT2D eigenvalue weighted by atomic mass is 35.5. The third-order valence-corrected chi connectivity index (χ3v) is 3.10. The maximum absolute atomic E-state index is 12.2. The summed E-state index contributed by atoms with van der Waals surface area (Å²) in [5.41, 5.74) is 6.03. The molecule has 1 unspecified atom stereocenters. The fraction of sp³-hybridized carbons (Fsp3) is 0.429. The summed E-state index contributed by atoms with van der Waals surface area (Å²) in [5.74, 6) is 0.428. The van der Waals surface area contributed by atoms with Crippen LogP contribution < -0.4 is 20.7 Å². The average Bonchev–Trinajstić information content (AvgIpc) is 2.45. The second kappa shape index (κ2) is 7.85. The summed E-state index contributed by atoms with van der Waals surface area (Å²) < 4.78 is 5.54. The molecule has 2 rings (SSSR count). The molecule has 1 aliphatic heterocycles. The van der Waals surface area contributed by atoms with Gasteiger partial charge in [0.2, 0.25) is 5.91 Å². The van der Waals surface area contributed by atoms with Gasteiger partial charge in [-0.1, -0.05) is 12.1 Å². The van der Waals surface area contributed by atoms with Crippen LogP contribution in [0.2, 0.25) is 0 Å². The summed E-state index contributed by atoms with van der Waals surface area (Å²) >= 11 is 0. The van der Waals surface area contributed by atoms with Gasteiger partial charge in [0, 0.05) is 26.1 Å². The van der Waals surface area contributed by atoms with Crippen molar-refractivity contribution in [3.63, 3.8) is 0 Å². The number of nitrogens with one attached hydrogen (secondary N) is 1. The molecule has 6 nitrogen and oxygen atoms in total. The molecule has 1 aromatic rings. The van der Waals surface area contributed by atoms with Crippen LogP contribution in [0.1, 0.15) is 13.3 Å². The number of fused-ring (bicyclic) bond motifs is 1. The third-order valence-electron chi connectivity index (χ3n) is 3.10. The molecule has 0 bridgehead atoms. The smallest absolute Gasteiger partial charge is 0.267 e. The Kier molecular flexibility index (Phi) is 6.45. The van der Waals surface area contributed by atoms with E-state index in [1.165, 1.54) is 0 Å². The van der Waals surface area contributed by atoms with Gasteiger partial charge in [-0.3, -0.25) is 9.59 Å². The Balaban J connectivity index is 0.00000220. The normalized spacial score (nSPS) is 16.6. The molecule has 1 aromatic carbocycles. The fourth-order valence-corrected chi connectivity index (χ4v) is 2.10. The van der Waals surface area contributed by atoms with Gasteiger partial charge in [0.1, 0.15) is 5.75 Å². The van der Waals surface area contributed by atoms with E-state index in [2.05, 4.69) is 5.32 Å². The van der Waals surface area contributed by atoms with E-state index in [1.807, 2.05) is 24.3 Å². The van der Waals surface area contributed by atoms with Crippen molar-refractivity contribution in [1.82, 2.24) is 5.32 Å². The van der Waals surface area contributed by atoms with Crippen molar-refractivity contribution in [2.24, 2.45) is 5.73 Å². The Hall–Kier alpha value is -1.79. The molecule has 1 aliphatic rings. The second-order valence-electron chi connectivity index (χ2n) is 4.61. The summed E-state index contributed by atoms with van der Waals surface area (Å²) in [6.07, 6.45) is -0.288. The fourth-order valence-electron chi connectivity index (χ4n) is 2.10. The van der Waals surface area contributed by atoms with Gasteiger partial charge in [-0.05, 0) is 19.1 Å². The van der Waals surface area contributed by atoms with E-state index in [0.717, 1.165) is 0 Å². The Morgan fingerprint density at radius 3 is 2.86 bits per heavy atom. The van der Waals surface area contributed by atoms with Gasteiger partial charge >= 0.3 is 0 Å². The molecule has 0 saturated heterocycles. The number of benzene rings is 1. The first-order valence-corrected chi connectivity index (χ1v) is 6.67. The van der Waals surface area contributed by atoms with Crippen LogP contribution in [0.5, 0.6) is 5.75 Å². The van der Waals surface area contributed by atoms with E-state index >= 15 is 0 Å². The molecular formula is C14H20ClN3O3. The number of hydrogen-bond donors (Lipinski definition) is 2. The molecule has 1 atom stereocenters. The van der Waals surface area contributed by atoms with Crippen LogP contribution in [-0.2, 0) is 9.59 Å². The van der Waals surface area contributed by atoms with E-state index in [4.69, 9.17) is 10.5 Å². The molecule has 0 fully saturated rings. The minimum Gasteiger partial charge on any atom is -0.479 e. The van der Waals surface area contributed by atoms with Gasteiger partial charge in [0.15, 0.2) is 6.10 Å². The molecule has 0 saturated carbocycles. The van der Waals surface area contributed by atoms with Crippen LogP contribution in [0, 0.1) is 0 Å². The van der Waals surface area contributed by atoms with Crippen molar-refractivity contribution in [2.75, 3.05) is 24.5 Å². The zero-order chi connectivity index (χ0) is 14.5. The van der Waals surface area contributed by atoms with Crippen LogP contribution >= 0.6 is 12.4 Å². The van der Waals surface area contributed by atoms with Crippen LogP contribution in [-0.4, -0.2) is 37.6 Å². The number of halogens is 1. The first kappa shape index (κ1) is 17.3. The SMILES string of the molecule is CC1Oc2ccccc2N(CCC(=O)NCCN)C1=O.Cl. The number of hydrogen-bond acceptors (Lipinski definition) is 4. The Bertz CT molecular complexity index is 510. The van der Waals surface area contributed by atoms with Crippen molar-refractivity contribution in [3.05, 3.63) is 24.3 Å². The lowest BCUT2D eigenvalue weighted by atomic mass is 10.1. The van der Waals surface area contributed by atoms with Gasteiger partial charge < -0.3 is 20.7 Å². The lowest BCUT2D eigenvalue weighted by molar-refractivity contribution is -0.125. The number of para-hydroxylation sites is 2. The van der Waals surface area contributed by atoms with Gasteiger partial charge in [0.05, 0.1) is 5.69 Å². The van der Waals surface area contributed by atoms with Gasteiger partial charge in [-0.25, -0.2) is 0 Å². The minimum absolute atomic E-state index is 0. The predicted molar refractivity (Wildman–Crippen MR) is 82.8 cm³/mol. The number of rotatable bonds is 5. The summed E-state index contributed by atoms with van der Waals surface area (Å²) in [4.78, 5) is 25.4. The Morgan fingerprint density at radius 2 is 2.14 bits per heavy atom.